The van der Waals surface area contributed by atoms with Crippen LogP contribution in [0.5, 0.6) is 5.75 Å². The fourth-order valence-corrected chi connectivity index (χ4v) is 3.82. The number of hydrogen-bond acceptors (Lipinski definition) is 5. The summed E-state index contributed by atoms with van der Waals surface area (Å²) in [5.41, 5.74) is 2.43. The number of amides is 1. The number of para-hydroxylation sites is 1. The van der Waals surface area contributed by atoms with Gasteiger partial charge in [-0.2, -0.15) is 10.1 Å². The number of likely N-dealkylation sites (tertiary alicyclic amines) is 1. The molecule has 1 aromatic heterocycles. The molecular formula is C19H23N5O2. The molecule has 26 heavy (non-hydrogen) atoms. The van der Waals surface area contributed by atoms with Gasteiger partial charge in [0.05, 0.1) is 12.7 Å². The first kappa shape index (κ1) is 16.6. The largest absolute Gasteiger partial charge is 0.496 e. The van der Waals surface area contributed by atoms with Gasteiger partial charge in [-0.1, -0.05) is 18.2 Å². The fraction of sp³-hybridized carbons (Fsp3) is 0.421. The number of nitrogens with zero attached hydrogens (tertiary/aromatic N) is 4. The summed E-state index contributed by atoms with van der Waals surface area (Å²) in [4.78, 5) is 19.6. The van der Waals surface area contributed by atoms with Crippen molar-refractivity contribution in [3.8, 4) is 5.75 Å². The summed E-state index contributed by atoms with van der Waals surface area (Å²) in [5.74, 6) is 1.43. The van der Waals surface area contributed by atoms with Crippen molar-refractivity contribution >= 4 is 11.9 Å². The van der Waals surface area contributed by atoms with Gasteiger partial charge in [-0.25, -0.2) is 4.68 Å². The number of aromatic nitrogens is 3. The molecule has 7 nitrogen and oxygen atoms in total. The van der Waals surface area contributed by atoms with Crippen molar-refractivity contribution in [2.75, 3.05) is 25.5 Å². The lowest BCUT2D eigenvalue weighted by molar-refractivity contribution is -0.128. The normalized spacial score (nSPS) is 19.8. The Hall–Kier alpha value is -2.83. The van der Waals surface area contributed by atoms with Crippen LogP contribution in [-0.4, -0.2) is 45.8 Å². The number of benzene rings is 1. The van der Waals surface area contributed by atoms with Crippen LogP contribution in [0.2, 0.25) is 0 Å². The van der Waals surface area contributed by atoms with Gasteiger partial charge in [0, 0.05) is 24.4 Å². The van der Waals surface area contributed by atoms with Crippen molar-refractivity contribution in [2.24, 2.45) is 0 Å². The molecule has 7 heteroatoms. The number of ether oxygens (including phenoxy) is 1. The topological polar surface area (TPSA) is 72.3 Å². The van der Waals surface area contributed by atoms with E-state index in [0.717, 1.165) is 42.9 Å². The van der Waals surface area contributed by atoms with E-state index in [1.165, 1.54) is 12.7 Å². The van der Waals surface area contributed by atoms with Gasteiger partial charge in [0.25, 0.3) is 5.91 Å². The Morgan fingerprint density at radius 3 is 2.77 bits per heavy atom. The molecule has 0 aliphatic carbocycles. The van der Waals surface area contributed by atoms with Crippen LogP contribution >= 0.6 is 0 Å². The molecule has 1 fully saturated rings. The molecule has 0 bridgehead atoms. The van der Waals surface area contributed by atoms with Crippen LogP contribution in [-0.2, 0) is 4.79 Å². The molecule has 2 aromatic rings. The predicted octanol–water partition coefficient (Wildman–Crippen LogP) is 2.59. The van der Waals surface area contributed by atoms with Crippen molar-refractivity contribution in [3.63, 3.8) is 0 Å². The lowest BCUT2D eigenvalue weighted by Crippen LogP contribution is -2.41. The number of piperidine rings is 1. The van der Waals surface area contributed by atoms with E-state index in [1.54, 1.807) is 11.8 Å². The maximum Gasteiger partial charge on any atom is 0.254 e. The lowest BCUT2D eigenvalue weighted by atomic mass is 9.93. The van der Waals surface area contributed by atoms with Crippen LogP contribution in [0.25, 0.3) is 0 Å². The van der Waals surface area contributed by atoms with Crippen molar-refractivity contribution in [1.82, 2.24) is 19.7 Å². The molecule has 136 valence electrons. The quantitative estimate of drug-likeness (QED) is 0.918. The monoisotopic (exact) mass is 353 g/mol. The van der Waals surface area contributed by atoms with Gasteiger partial charge in [0.1, 0.15) is 18.1 Å². The molecule has 0 unspecified atom stereocenters. The van der Waals surface area contributed by atoms with Crippen LogP contribution in [0.3, 0.4) is 0 Å². The number of allylic oxidation sites excluding steroid dienone is 1. The molecule has 1 saturated heterocycles. The summed E-state index contributed by atoms with van der Waals surface area (Å²) in [6.45, 7) is 3.54. The molecule has 1 aromatic carbocycles. The van der Waals surface area contributed by atoms with E-state index in [2.05, 4.69) is 15.4 Å². The van der Waals surface area contributed by atoms with E-state index in [-0.39, 0.29) is 11.9 Å². The summed E-state index contributed by atoms with van der Waals surface area (Å²) in [6.07, 6.45) is 4.80. The zero-order valence-electron chi connectivity index (χ0n) is 15.1. The Morgan fingerprint density at radius 2 is 2.00 bits per heavy atom. The smallest absolute Gasteiger partial charge is 0.254 e. The van der Waals surface area contributed by atoms with Crippen LogP contribution < -0.4 is 10.1 Å². The highest BCUT2D eigenvalue weighted by Gasteiger charge is 2.37. The van der Waals surface area contributed by atoms with E-state index in [4.69, 9.17) is 4.74 Å². The van der Waals surface area contributed by atoms with Crippen LogP contribution in [0.4, 0.5) is 5.95 Å². The Labute approximate surface area is 152 Å². The standard InChI is InChI=1S/C19H23N5O2/c1-13-16(18(25)23-10-6-3-7-11-23)17(24-19(22-13)20-12-21-24)14-8-4-5-9-15(14)26-2/h4-5,8-9,12,17H,3,6-7,10-11H2,1-2H3,(H,20,21,22)/t17-/m0/s1. The number of carbonyl (C=O) groups excluding carboxylic acids is 1. The average molecular weight is 353 g/mol. The third-order valence-electron chi connectivity index (χ3n) is 5.10. The van der Waals surface area contributed by atoms with Gasteiger partial charge >= 0.3 is 0 Å². The summed E-state index contributed by atoms with van der Waals surface area (Å²) in [5, 5.41) is 7.61. The highest BCUT2D eigenvalue weighted by Crippen LogP contribution is 2.39. The first-order valence-corrected chi connectivity index (χ1v) is 9.00. The van der Waals surface area contributed by atoms with Gasteiger partial charge in [-0.3, -0.25) is 4.79 Å². The number of methoxy groups -OCH3 is 1. The second kappa shape index (κ2) is 6.82. The molecule has 1 amide bonds. The summed E-state index contributed by atoms with van der Waals surface area (Å²) in [7, 11) is 1.64. The van der Waals surface area contributed by atoms with Gasteiger partial charge in [-0.05, 0) is 32.3 Å². The summed E-state index contributed by atoms with van der Waals surface area (Å²) >= 11 is 0. The molecule has 2 aliphatic rings. The zero-order chi connectivity index (χ0) is 18.1. The minimum Gasteiger partial charge on any atom is -0.496 e. The minimum atomic E-state index is -0.362. The van der Waals surface area contributed by atoms with Crippen LogP contribution in [0.1, 0.15) is 37.8 Å². The molecule has 4 rings (SSSR count). The number of nitrogens with one attached hydrogen (secondary N) is 1. The molecular weight excluding hydrogens is 330 g/mol. The van der Waals surface area contributed by atoms with Gasteiger partial charge in [0.15, 0.2) is 0 Å². The van der Waals surface area contributed by atoms with E-state index < -0.39 is 0 Å². The molecule has 2 aliphatic heterocycles. The fourth-order valence-electron chi connectivity index (χ4n) is 3.82. The van der Waals surface area contributed by atoms with E-state index in [0.29, 0.717) is 11.5 Å². The third kappa shape index (κ3) is 2.73. The van der Waals surface area contributed by atoms with Crippen molar-refractivity contribution in [1.29, 1.82) is 0 Å². The Bertz CT molecular complexity index is 851. The highest BCUT2D eigenvalue weighted by molar-refractivity contribution is 5.97. The Kier molecular flexibility index (Phi) is 4.36. The van der Waals surface area contributed by atoms with Crippen LogP contribution in [0.15, 0.2) is 41.9 Å². The third-order valence-corrected chi connectivity index (χ3v) is 5.10. The average Bonchev–Trinajstić information content (AvgIpc) is 3.15. The zero-order valence-corrected chi connectivity index (χ0v) is 15.1. The van der Waals surface area contributed by atoms with E-state index in [9.17, 15) is 4.79 Å². The second-order valence-electron chi connectivity index (χ2n) is 6.69. The van der Waals surface area contributed by atoms with E-state index >= 15 is 0 Å². The van der Waals surface area contributed by atoms with Gasteiger partial charge in [0.2, 0.25) is 5.95 Å². The number of carbonyl (C=O) groups is 1. The first-order chi connectivity index (χ1) is 12.7. The lowest BCUT2D eigenvalue weighted by Gasteiger charge is -2.34. The molecule has 1 atom stereocenters. The summed E-state index contributed by atoms with van der Waals surface area (Å²) in [6, 6.07) is 7.41. The van der Waals surface area contributed by atoms with Gasteiger partial charge in [-0.15, -0.1) is 0 Å². The maximum atomic E-state index is 13.4. The number of rotatable bonds is 3. The molecule has 3 heterocycles. The van der Waals surface area contributed by atoms with Crippen molar-refractivity contribution in [2.45, 2.75) is 32.2 Å². The number of anilines is 1. The van der Waals surface area contributed by atoms with Crippen molar-refractivity contribution in [3.05, 3.63) is 47.4 Å². The van der Waals surface area contributed by atoms with Crippen molar-refractivity contribution < 1.29 is 9.53 Å². The molecule has 0 saturated carbocycles. The van der Waals surface area contributed by atoms with Crippen LogP contribution in [0, 0.1) is 0 Å². The maximum absolute atomic E-state index is 13.4. The van der Waals surface area contributed by atoms with Gasteiger partial charge < -0.3 is 15.0 Å². The molecule has 1 N–H and O–H groups in total. The first-order valence-electron chi connectivity index (χ1n) is 9.00. The predicted molar refractivity (Wildman–Crippen MR) is 97.9 cm³/mol. The minimum absolute atomic E-state index is 0.0618. The highest BCUT2D eigenvalue weighted by atomic mass is 16.5. The Morgan fingerprint density at radius 1 is 1.23 bits per heavy atom. The molecule has 0 radical (unpaired) electrons. The number of hydrogen-bond donors (Lipinski definition) is 1. The Balaban J connectivity index is 1.83. The SMILES string of the molecule is COc1ccccc1[C@H]1C(C(=O)N2CCCCC2)=C(C)Nc2ncnn21. The molecule has 0 spiro atoms. The second-order valence-corrected chi connectivity index (χ2v) is 6.69. The van der Waals surface area contributed by atoms with E-state index in [1.807, 2.05) is 36.1 Å². The summed E-state index contributed by atoms with van der Waals surface area (Å²) < 4.78 is 7.34. The number of fused-ring (bicyclic) bond motifs is 1.